The summed E-state index contributed by atoms with van der Waals surface area (Å²) in [5.41, 5.74) is 1.35. The average Bonchev–Trinajstić information content (AvgIpc) is 2.72. The van der Waals surface area contributed by atoms with Crippen molar-refractivity contribution in [2.75, 3.05) is 13.7 Å². The van der Waals surface area contributed by atoms with E-state index >= 15 is 0 Å². The van der Waals surface area contributed by atoms with Crippen molar-refractivity contribution in [3.63, 3.8) is 0 Å². The van der Waals surface area contributed by atoms with Crippen LogP contribution in [0.3, 0.4) is 0 Å². The van der Waals surface area contributed by atoms with Crippen LogP contribution < -0.4 is 4.74 Å². The molecule has 1 saturated heterocycles. The highest BCUT2D eigenvalue weighted by Gasteiger charge is 2.31. The van der Waals surface area contributed by atoms with Crippen LogP contribution in [0.1, 0.15) is 18.1 Å². The first-order valence-electron chi connectivity index (χ1n) is 6.79. The van der Waals surface area contributed by atoms with Gasteiger partial charge in [-0.1, -0.05) is 6.08 Å². The van der Waals surface area contributed by atoms with Crippen LogP contribution in [0.4, 0.5) is 4.79 Å². The van der Waals surface area contributed by atoms with E-state index in [0.717, 1.165) is 16.7 Å². The zero-order valence-electron chi connectivity index (χ0n) is 12.5. The maximum atomic E-state index is 11.9. The largest absolute Gasteiger partial charge is 0.504 e. The lowest BCUT2D eigenvalue weighted by Crippen LogP contribution is -2.22. The second kappa shape index (κ2) is 6.70. The highest BCUT2D eigenvalue weighted by atomic mass is 32.2. The number of nitrogens with zero attached hydrogens (tertiary/aromatic N) is 1. The number of carbonyl (C=O) groups excluding carboxylic acids is 2. The van der Waals surface area contributed by atoms with Crippen molar-refractivity contribution < 1.29 is 19.4 Å². The van der Waals surface area contributed by atoms with Crippen LogP contribution in [0.2, 0.25) is 0 Å². The Balaban J connectivity index is 2.44. The second-order valence-electron chi connectivity index (χ2n) is 4.69. The summed E-state index contributed by atoms with van der Waals surface area (Å²) in [4.78, 5) is 24.9. The number of thioether (sulfide) groups is 1. The molecule has 1 aromatic carbocycles. The van der Waals surface area contributed by atoms with Crippen LogP contribution in [0.5, 0.6) is 11.5 Å². The molecule has 2 amide bonds. The maximum absolute atomic E-state index is 11.9. The van der Waals surface area contributed by atoms with Gasteiger partial charge >= 0.3 is 0 Å². The number of allylic oxidation sites excluding steroid dienone is 1. The number of hydrogen-bond donors (Lipinski definition) is 1. The van der Waals surface area contributed by atoms with Crippen LogP contribution in [-0.4, -0.2) is 34.8 Å². The van der Waals surface area contributed by atoms with Crippen molar-refractivity contribution in [2.45, 2.75) is 13.3 Å². The zero-order valence-corrected chi connectivity index (χ0v) is 13.3. The molecule has 22 heavy (non-hydrogen) atoms. The Hall–Kier alpha value is -2.21. The predicted molar refractivity (Wildman–Crippen MR) is 86.9 cm³/mol. The van der Waals surface area contributed by atoms with E-state index in [9.17, 15) is 14.7 Å². The van der Waals surface area contributed by atoms with Gasteiger partial charge in [-0.25, -0.2) is 0 Å². The van der Waals surface area contributed by atoms with Crippen LogP contribution in [0.25, 0.3) is 6.08 Å². The number of likely N-dealkylation sites (N-methyl/N-ethyl adjacent to an activating group) is 1. The molecule has 0 aromatic heterocycles. The first-order valence-corrected chi connectivity index (χ1v) is 7.60. The third kappa shape index (κ3) is 3.17. The smallest absolute Gasteiger partial charge is 0.293 e. The predicted octanol–water partition coefficient (Wildman–Crippen LogP) is 3.19. The summed E-state index contributed by atoms with van der Waals surface area (Å²) in [7, 11) is 1.45. The van der Waals surface area contributed by atoms with Crippen molar-refractivity contribution in [1.29, 1.82) is 0 Å². The van der Waals surface area contributed by atoms with Crippen LogP contribution >= 0.6 is 11.8 Å². The number of benzene rings is 1. The molecule has 1 aliphatic heterocycles. The number of ether oxygens (including phenoxy) is 1. The number of amides is 2. The number of carbonyl (C=O) groups is 2. The van der Waals surface area contributed by atoms with Crippen molar-refractivity contribution in [3.05, 3.63) is 40.8 Å². The Kier molecular flexibility index (Phi) is 4.92. The van der Waals surface area contributed by atoms with E-state index in [1.807, 2.05) is 6.92 Å². The Morgan fingerprint density at radius 3 is 2.68 bits per heavy atom. The molecule has 1 N–H and O–H groups in total. The fourth-order valence-electron chi connectivity index (χ4n) is 2.05. The fourth-order valence-corrected chi connectivity index (χ4v) is 2.87. The van der Waals surface area contributed by atoms with Gasteiger partial charge in [-0.05, 0) is 48.9 Å². The molecule has 0 aliphatic carbocycles. The number of aromatic hydroxyl groups is 1. The molecule has 0 radical (unpaired) electrons. The van der Waals surface area contributed by atoms with Gasteiger partial charge in [-0.2, -0.15) is 0 Å². The summed E-state index contributed by atoms with van der Waals surface area (Å²) < 4.78 is 5.42. The lowest BCUT2D eigenvalue weighted by Gasteiger charge is -2.11. The summed E-state index contributed by atoms with van der Waals surface area (Å²) in [6, 6.07) is 3.40. The molecule has 116 valence electrons. The SMILES string of the molecule is C=CCc1cc(C=C2SC(=O)N(C)C2=O)cc(OCC)c1O. The Morgan fingerprint density at radius 2 is 2.14 bits per heavy atom. The minimum atomic E-state index is -0.327. The first kappa shape index (κ1) is 16.2. The number of imide groups is 1. The molecular weight excluding hydrogens is 302 g/mol. The van der Waals surface area contributed by atoms with Gasteiger partial charge < -0.3 is 9.84 Å². The Bertz CT molecular complexity index is 666. The third-order valence-electron chi connectivity index (χ3n) is 3.12. The summed E-state index contributed by atoms with van der Waals surface area (Å²) in [6.45, 7) is 5.89. The Morgan fingerprint density at radius 1 is 1.41 bits per heavy atom. The monoisotopic (exact) mass is 319 g/mol. The van der Waals surface area contributed by atoms with E-state index in [4.69, 9.17) is 4.74 Å². The van der Waals surface area contributed by atoms with E-state index in [2.05, 4.69) is 6.58 Å². The lowest BCUT2D eigenvalue weighted by molar-refractivity contribution is -0.121. The van der Waals surface area contributed by atoms with Gasteiger partial charge in [0.25, 0.3) is 11.1 Å². The van der Waals surface area contributed by atoms with Crippen molar-refractivity contribution >= 4 is 29.0 Å². The van der Waals surface area contributed by atoms with Crippen LogP contribution in [0, 0.1) is 0 Å². The molecule has 5 nitrogen and oxygen atoms in total. The Labute approximate surface area is 133 Å². The first-order chi connectivity index (χ1) is 10.5. The zero-order chi connectivity index (χ0) is 16.3. The van der Waals surface area contributed by atoms with E-state index in [1.165, 1.54) is 7.05 Å². The summed E-state index contributed by atoms with van der Waals surface area (Å²) in [5, 5.41) is 9.84. The van der Waals surface area contributed by atoms with Crippen molar-refractivity contribution in [1.82, 2.24) is 4.90 Å². The third-order valence-corrected chi connectivity index (χ3v) is 4.09. The topological polar surface area (TPSA) is 66.8 Å². The molecular formula is C16H17NO4S. The fraction of sp³-hybridized carbons (Fsp3) is 0.250. The van der Waals surface area contributed by atoms with Gasteiger partial charge in [0.2, 0.25) is 0 Å². The minimum Gasteiger partial charge on any atom is -0.504 e. The van der Waals surface area contributed by atoms with Gasteiger partial charge in [0, 0.05) is 12.6 Å². The van der Waals surface area contributed by atoms with Gasteiger partial charge in [-0.15, -0.1) is 6.58 Å². The van der Waals surface area contributed by atoms with Gasteiger partial charge in [0.1, 0.15) is 0 Å². The average molecular weight is 319 g/mol. The lowest BCUT2D eigenvalue weighted by atomic mass is 10.1. The van der Waals surface area contributed by atoms with Crippen LogP contribution in [0.15, 0.2) is 29.7 Å². The van der Waals surface area contributed by atoms with Gasteiger partial charge in [0.05, 0.1) is 11.5 Å². The van der Waals surface area contributed by atoms with Crippen molar-refractivity contribution in [3.8, 4) is 11.5 Å². The molecule has 0 spiro atoms. The molecule has 1 fully saturated rings. The normalized spacial score (nSPS) is 16.5. The van der Waals surface area contributed by atoms with Crippen molar-refractivity contribution in [2.24, 2.45) is 0 Å². The molecule has 0 unspecified atom stereocenters. The molecule has 0 atom stereocenters. The molecule has 1 aromatic rings. The maximum Gasteiger partial charge on any atom is 0.293 e. The molecule has 1 aliphatic rings. The molecule has 1 heterocycles. The quantitative estimate of drug-likeness (QED) is 0.667. The highest BCUT2D eigenvalue weighted by molar-refractivity contribution is 8.18. The summed E-state index contributed by atoms with van der Waals surface area (Å²) >= 11 is 0.894. The summed E-state index contributed by atoms with van der Waals surface area (Å²) in [5.74, 6) is 0.0950. The minimum absolute atomic E-state index is 0.0718. The number of phenolic OH excluding ortho intramolecular Hbond substituents is 1. The van der Waals surface area contributed by atoms with Crippen LogP contribution in [-0.2, 0) is 11.2 Å². The van der Waals surface area contributed by atoms with E-state index in [0.29, 0.717) is 34.8 Å². The molecule has 0 saturated carbocycles. The van der Waals surface area contributed by atoms with Gasteiger partial charge in [0.15, 0.2) is 11.5 Å². The number of phenols is 1. The second-order valence-corrected chi connectivity index (χ2v) is 5.69. The number of hydrogen-bond acceptors (Lipinski definition) is 5. The molecule has 2 rings (SSSR count). The standard InChI is InChI=1S/C16H17NO4S/c1-4-6-11-7-10(8-12(14(11)18)21-5-2)9-13-15(19)17(3)16(20)22-13/h4,7-9,18H,1,5-6H2,2-3H3. The van der Waals surface area contributed by atoms with Gasteiger partial charge in [-0.3, -0.25) is 14.5 Å². The molecule has 0 bridgehead atoms. The van der Waals surface area contributed by atoms with E-state index < -0.39 is 0 Å². The van der Waals surface area contributed by atoms with E-state index in [-0.39, 0.29) is 16.9 Å². The summed E-state index contributed by atoms with van der Waals surface area (Å²) in [6.07, 6.45) is 3.78. The number of rotatable bonds is 5. The highest BCUT2D eigenvalue weighted by Crippen LogP contribution is 2.36. The molecule has 6 heteroatoms. The van der Waals surface area contributed by atoms with E-state index in [1.54, 1.807) is 24.3 Å².